The zero-order chi connectivity index (χ0) is 14.6. The maximum atomic E-state index is 12.0. The van der Waals surface area contributed by atoms with E-state index in [0.717, 1.165) is 12.1 Å². The Morgan fingerprint density at radius 2 is 1.65 bits per heavy atom. The average molecular weight is 281 g/mol. The van der Waals surface area contributed by atoms with Crippen molar-refractivity contribution in [3.63, 3.8) is 0 Å². The molecule has 0 unspecified atom stereocenters. The van der Waals surface area contributed by atoms with Crippen LogP contribution in [0.25, 0.3) is 0 Å². The summed E-state index contributed by atoms with van der Waals surface area (Å²) in [5.41, 5.74) is 0.131. The van der Waals surface area contributed by atoms with Crippen molar-refractivity contribution in [2.75, 3.05) is 0 Å². The van der Waals surface area contributed by atoms with Crippen molar-refractivity contribution in [3.8, 4) is 23.4 Å². The van der Waals surface area contributed by atoms with Crippen LogP contribution in [-0.4, -0.2) is 16.3 Å². The van der Waals surface area contributed by atoms with Gasteiger partial charge >= 0.3 is 6.36 Å². The Morgan fingerprint density at radius 3 is 2.15 bits per heavy atom. The number of benzene rings is 1. The minimum absolute atomic E-state index is 0.119. The maximum Gasteiger partial charge on any atom is 0.573 e. The van der Waals surface area contributed by atoms with Gasteiger partial charge in [-0.15, -0.1) is 13.2 Å². The first-order chi connectivity index (χ1) is 9.46. The molecular formula is C12H6F3N3O2. The highest BCUT2D eigenvalue weighted by Crippen LogP contribution is 2.26. The van der Waals surface area contributed by atoms with Gasteiger partial charge in [-0.2, -0.15) is 5.26 Å². The molecule has 0 atom stereocenters. The summed E-state index contributed by atoms with van der Waals surface area (Å²) in [6, 6.07) is 6.60. The molecule has 1 heterocycles. The third kappa shape index (κ3) is 3.84. The maximum absolute atomic E-state index is 12.0. The molecule has 0 aliphatic carbocycles. The molecule has 20 heavy (non-hydrogen) atoms. The molecule has 0 saturated carbocycles. The molecule has 1 aromatic carbocycles. The fourth-order valence-electron chi connectivity index (χ4n) is 1.26. The average Bonchev–Trinajstić information content (AvgIpc) is 2.40. The fourth-order valence-corrected chi connectivity index (χ4v) is 1.26. The summed E-state index contributed by atoms with van der Waals surface area (Å²) in [6.07, 6.45) is -2.28. The number of aromatic nitrogens is 2. The molecule has 8 heteroatoms. The van der Waals surface area contributed by atoms with Crippen molar-refractivity contribution in [2.24, 2.45) is 0 Å². The van der Waals surface area contributed by atoms with E-state index in [9.17, 15) is 13.2 Å². The lowest BCUT2D eigenvalue weighted by Crippen LogP contribution is -2.16. The van der Waals surface area contributed by atoms with E-state index in [-0.39, 0.29) is 23.1 Å². The first-order valence-electron chi connectivity index (χ1n) is 5.22. The van der Waals surface area contributed by atoms with Gasteiger partial charge in [0.1, 0.15) is 17.6 Å². The van der Waals surface area contributed by atoms with Crippen LogP contribution in [0.1, 0.15) is 5.69 Å². The number of hydrogen-bond donors (Lipinski definition) is 0. The highest BCUT2D eigenvalue weighted by Gasteiger charge is 2.30. The lowest BCUT2D eigenvalue weighted by molar-refractivity contribution is -0.274. The normalized spacial score (nSPS) is 10.7. The molecule has 102 valence electrons. The van der Waals surface area contributed by atoms with Crippen LogP contribution in [0.15, 0.2) is 36.7 Å². The molecule has 0 N–H and O–H groups in total. The lowest BCUT2D eigenvalue weighted by atomic mass is 10.3. The second-order valence-electron chi connectivity index (χ2n) is 3.47. The Balaban J connectivity index is 2.05. The van der Waals surface area contributed by atoms with Crippen molar-refractivity contribution >= 4 is 0 Å². The summed E-state index contributed by atoms with van der Waals surface area (Å²) in [5.74, 6) is 0.0304. The summed E-state index contributed by atoms with van der Waals surface area (Å²) < 4.78 is 44.8. The van der Waals surface area contributed by atoms with Crippen LogP contribution in [-0.2, 0) is 0 Å². The molecule has 0 aliphatic rings. The van der Waals surface area contributed by atoms with Crippen molar-refractivity contribution in [1.29, 1.82) is 5.26 Å². The largest absolute Gasteiger partial charge is 0.573 e. The van der Waals surface area contributed by atoms with Crippen LogP contribution < -0.4 is 9.47 Å². The monoisotopic (exact) mass is 281 g/mol. The topological polar surface area (TPSA) is 68.0 Å². The van der Waals surface area contributed by atoms with Gasteiger partial charge in [-0.25, -0.2) is 9.97 Å². The van der Waals surface area contributed by atoms with E-state index in [1.165, 1.54) is 24.5 Å². The van der Waals surface area contributed by atoms with Crippen LogP contribution in [0.4, 0.5) is 13.2 Å². The summed E-state index contributed by atoms with van der Waals surface area (Å²) in [7, 11) is 0. The number of hydrogen-bond acceptors (Lipinski definition) is 5. The van der Waals surface area contributed by atoms with E-state index < -0.39 is 6.36 Å². The Bertz CT molecular complexity index is 618. The summed E-state index contributed by atoms with van der Waals surface area (Å²) in [6.45, 7) is 0. The molecule has 0 fully saturated rings. The molecule has 2 aromatic rings. The lowest BCUT2D eigenvalue weighted by Gasteiger charge is -2.09. The second-order valence-corrected chi connectivity index (χ2v) is 3.47. The van der Waals surface area contributed by atoms with Crippen LogP contribution in [0.2, 0.25) is 0 Å². The van der Waals surface area contributed by atoms with E-state index in [4.69, 9.17) is 10.00 Å². The number of alkyl halides is 3. The molecule has 0 spiro atoms. The van der Waals surface area contributed by atoms with E-state index in [2.05, 4.69) is 14.7 Å². The van der Waals surface area contributed by atoms with Gasteiger partial charge in [0, 0.05) is 0 Å². The third-order valence-electron chi connectivity index (χ3n) is 2.02. The van der Waals surface area contributed by atoms with E-state index in [0.29, 0.717) is 0 Å². The number of nitrogens with zero attached hydrogens (tertiary/aromatic N) is 3. The van der Waals surface area contributed by atoms with Gasteiger partial charge in [0.15, 0.2) is 5.69 Å². The minimum atomic E-state index is -4.74. The Labute approximate surface area is 111 Å². The van der Waals surface area contributed by atoms with Gasteiger partial charge in [0.2, 0.25) is 5.88 Å². The van der Waals surface area contributed by atoms with Crippen LogP contribution in [0.3, 0.4) is 0 Å². The van der Waals surface area contributed by atoms with Crippen molar-refractivity contribution < 1.29 is 22.6 Å². The summed E-state index contributed by atoms with van der Waals surface area (Å²) in [5, 5.41) is 8.54. The zero-order valence-electron chi connectivity index (χ0n) is 9.76. The predicted molar refractivity (Wildman–Crippen MR) is 59.9 cm³/mol. The Kier molecular flexibility index (Phi) is 3.70. The highest BCUT2D eigenvalue weighted by molar-refractivity contribution is 5.33. The smallest absolute Gasteiger partial charge is 0.438 e. The van der Waals surface area contributed by atoms with E-state index in [1.54, 1.807) is 6.07 Å². The quantitative estimate of drug-likeness (QED) is 0.864. The van der Waals surface area contributed by atoms with Gasteiger partial charge in [-0.1, -0.05) is 0 Å². The number of rotatable bonds is 3. The number of halogens is 3. The second kappa shape index (κ2) is 5.44. The molecule has 2 rings (SSSR count). The highest BCUT2D eigenvalue weighted by atomic mass is 19.4. The molecule has 5 nitrogen and oxygen atoms in total. The molecular weight excluding hydrogens is 275 g/mol. The van der Waals surface area contributed by atoms with Gasteiger partial charge in [-0.3, -0.25) is 0 Å². The van der Waals surface area contributed by atoms with Gasteiger partial charge < -0.3 is 9.47 Å². The van der Waals surface area contributed by atoms with Gasteiger partial charge in [0.05, 0.1) is 12.4 Å². The van der Waals surface area contributed by atoms with Gasteiger partial charge in [-0.05, 0) is 24.3 Å². The van der Waals surface area contributed by atoms with Crippen LogP contribution in [0, 0.1) is 11.3 Å². The molecule has 0 aliphatic heterocycles. The fraction of sp³-hybridized carbons (Fsp3) is 0.0833. The predicted octanol–water partition coefficient (Wildman–Crippen LogP) is 3.04. The van der Waals surface area contributed by atoms with Crippen LogP contribution in [0.5, 0.6) is 17.4 Å². The Hall–Kier alpha value is -2.82. The molecule has 0 bridgehead atoms. The Morgan fingerprint density at radius 1 is 1.00 bits per heavy atom. The summed E-state index contributed by atoms with van der Waals surface area (Å²) >= 11 is 0. The molecule has 0 amide bonds. The molecule has 1 aromatic heterocycles. The minimum Gasteiger partial charge on any atom is -0.438 e. The molecule has 0 saturated heterocycles. The van der Waals surface area contributed by atoms with Gasteiger partial charge in [0.25, 0.3) is 0 Å². The summed E-state index contributed by atoms with van der Waals surface area (Å²) in [4.78, 5) is 7.55. The number of ether oxygens (including phenoxy) is 2. The third-order valence-corrected chi connectivity index (χ3v) is 2.02. The van der Waals surface area contributed by atoms with Crippen molar-refractivity contribution in [3.05, 3.63) is 42.4 Å². The zero-order valence-corrected chi connectivity index (χ0v) is 9.76. The number of nitriles is 1. The van der Waals surface area contributed by atoms with Crippen LogP contribution >= 0.6 is 0 Å². The van der Waals surface area contributed by atoms with E-state index in [1.807, 2.05) is 0 Å². The van der Waals surface area contributed by atoms with E-state index >= 15 is 0 Å². The molecule has 0 radical (unpaired) electrons. The standard InChI is InChI=1S/C12H6F3N3O2/c13-12(14,15)20-10-3-1-9(2-4-10)19-11-7-17-8(5-16)6-18-11/h1-4,6-7H. The SMILES string of the molecule is N#Cc1cnc(Oc2ccc(OC(F)(F)F)cc2)cn1. The first kappa shape index (κ1) is 13.6. The van der Waals surface area contributed by atoms with Crippen molar-refractivity contribution in [1.82, 2.24) is 9.97 Å². The van der Waals surface area contributed by atoms with Crippen molar-refractivity contribution in [2.45, 2.75) is 6.36 Å². The first-order valence-corrected chi connectivity index (χ1v) is 5.22.